The molecule has 0 saturated heterocycles. The second-order valence-corrected chi connectivity index (χ2v) is 5.71. The van der Waals surface area contributed by atoms with E-state index in [1.165, 1.54) is 12.0 Å². The molecule has 2 rings (SSSR count). The van der Waals surface area contributed by atoms with E-state index >= 15 is 0 Å². The smallest absolute Gasteiger partial charge is 0.144 e. The van der Waals surface area contributed by atoms with E-state index in [4.69, 9.17) is 4.52 Å². The predicted octanol–water partition coefficient (Wildman–Crippen LogP) is 4.08. The predicted molar refractivity (Wildman–Crippen MR) is 65.3 cm³/mol. The zero-order chi connectivity index (χ0) is 11.9. The lowest BCUT2D eigenvalue weighted by Crippen LogP contribution is -2.32. The number of rotatable bonds is 1. The quantitative estimate of drug-likeness (QED) is 0.665. The number of aryl methyl sites for hydroxylation is 1. The average molecular weight is 219 g/mol. The van der Waals surface area contributed by atoms with E-state index in [0.29, 0.717) is 11.8 Å². The van der Waals surface area contributed by atoms with Gasteiger partial charge in [0.25, 0.3) is 0 Å². The molecule has 0 N–H and O–H groups in total. The van der Waals surface area contributed by atoms with Crippen LogP contribution in [0.5, 0.6) is 0 Å². The lowest BCUT2D eigenvalue weighted by Gasteiger charge is -2.42. The van der Waals surface area contributed by atoms with Crippen molar-refractivity contribution in [3.05, 3.63) is 29.2 Å². The molecule has 1 aliphatic carbocycles. The molecule has 0 bridgehead atoms. The lowest BCUT2D eigenvalue weighted by molar-refractivity contribution is 0.162. The van der Waals surface area contributed by atoms with Crippen molar-refractivity contribution in [1.29, 1.82) is 0 Å². The Morgan fingerprint density at radius 2 is 2.06 bits per heavy atom. The second kappa shape index (κ2) is 3.76. The summed E-state index contributed by atoms with van der Waals surface area (Å²) in [4.78, 5) is 0. The highest BCUT2D eigenvalue weighted by atomic mass is 16.5. The van der Waals surface area contributed by atoms with Crippen LogP contribution in [-0.2, 0) is 0 Å². The van der Waals surface area contributed by atoms with E-state index in [1.807, 2.05) is 6.92 Å². The first-order valence-corrected chi connectivity index (χ1v) is 6.02. The van der Waals surface area contributed by atoms with Crippen molar-refractivity contribution in [3.63, 3.8) is 0 Å². The highest BCUT2D eigenvalue weighted by Crippen LogP contribution is 2.50. The number of hydrogen-bond donors (Lipinski definition) is 0. The minimum Gasteiger partial charge on any atom is -0.360 e. The van der Waals surface area contributed by atoms with Crippen LogP contribution in [-0.4, -0.2) is 5.16 Å². The molecule has 1 heterocycles. The van der Waals surface area contributed by atoms with E-state index in [1.54, 1.807) is 0 Å². The van der Waals surface area contributed by atoms with Crippen LogP contribution >= 0.6 is 0 Å². The largest absolute Gasteiger partial charge is 0.360 e. The summed E-state index contributed by atoms with van der Waals surface area (Å²) in [5.74, 6) is 2.06. The van der Waals surface area contributed by atoms with Gasteiger partial charge in [0.1, 0.15) is 5.76 Å². The van der Waals surface area contributed by atoms with Gasteiger partial charge in [0.15, 0.2) is 0 Å². The van der Waals surface area contributed by atoms with Crippen LogP contribution in [0.3, 0.4) is 0 Å². The maximum atomic E-state index is 5.47. The van der Waals surface area contributed by atoms with Gasteiger partial charge in [-0.2, -0.15) is 0 Å². The van der Waals surface area contributed by atoms with Gasteiger partial charge in [-0.05, 0) is 31.6 Å². The molecule has 0 saturated carbocycles. The maximum Gasteiger partial charge on any atom is 0.144 e. The van der Waals surface area contributed by atoms with Crippen molar-refractivity contribution in [3.8, 4) is 0 Å². The van der Waals surface area contributed by atoms with Crippen LogP contribution in [0.15, 0.2) is 22.2 Å². The SMILES string of the molecule is CC1=CCC(C)C(C)(C)C1c1cc(C)no1. The molecule has 2 unspecified atom stereocenters. The minimum atomic E-state index is 0.241. The van der Waals surface area contributed by atoms with E-state index in [0.717, 1.165) is 11.5 Å². The van der Waals surface area contributed by atoms with Crippen molar-refractivity contribution in [1.82, 2.24) is 5.16 Å². The normalized spacial score (nSPS) is 28.9. The Bertz CT molecular complexity index is 414. The summed E-state index contributed by atoms with van der Waals surface area (Å²) in [6.45, 7) is 11.2. The summed E-state index contributed by atoms with van der Waals surface area (Å²) >= 11 is 0. The number of allylic oxidation sites excluding steroid dienone is 2. The second-order valence-electron chi connectivity index (χ2n) is 5.71. The molecule has 2 atom stereocenters. The van der Waals surface area contributed by atoms with Gasteiger partial charge in [-0.1, -0.05) is 37.6 Å². The van der Waals surface area contributed by atoms with Gasteiger partial charge in [0, 0.05) is 12.0 Å². The average Bonchev–Trinajstić information content (AvgIpc) is 2.59. The van der Waals surface area contributed by atoms with Gasteiger partial charge < -0.3 is 4.52 Å². The minimum absolute atomic E-state index is 0.241. The van der Waals surface area contributed by atoms with Gasteiger partial charge in [-0.15, -0.1) is 0 Å². The number of aromatic nitrogens is 1. The summed E-state index contributed by atoms with van der Waals surface area (Å²) in [7, 11) is 0. The van der Waals surface area contributed by atoms with E-state index in [-0.39, 0.29) is 5.41 Å². The van der Waals surface area contributed by atoms with Crippen LogP contribution in [0.1, 0.15) is 51.5 Å². The van der Waals surface area contributed by atoms with Crippen molar-refractivity contribution in [2.24, 2.45) is 11.3 Å². The number of nitrogens with zero attached hydrogens (tertiary/aromatic N) is 1. The van der Waals surface area contributed by atoms with Gasteiger partial charge in [-0.3, -0.25) is 0 Å². The first kappa shape index (κ1) is 11.4. The highest BCUT2D eigenvalue weighted by molar-refractivity contribution is 5.27. The van der Waals surface area contributed by atoms with Crippen LogP contribution in [0.4, 0.5) is 0 Å². The van der Waals surface area contributed by atoms with E-state index < -0.39 is 0 Å². The summed E-state index contributed by atoms with van der Waals surface area (Å²) in [6.07, 6.45) is 3.51. The molecule has 2 nitrogen and oxygen atoms in total. The maximum absolute atomic E-state index is 5.47. The molecular formula is C14H21NO. The third kappa shape index (κ3) is 1.70. The van der Waals surface area contributed by atoms with Crippen molar-refractivity contribution >= 4 is 0 Å². The fourth-order valence-electron chi connectivity index (χ4n) is 2.77. The van der Waals surface area contributed by atoms with E-state index in [2.05, 4.69) is 45.0 Å². The number of hydrogen-bond acceptors (Lipinski definition) is 2. The zero-order valence-electron chi connectivity index (χ0n) is 10.9. The van der Waals surface area contributed by atoms with Crippen molar-refractivity contribution < 1.29 is 4.52 Å². The first-order chi connectivity index (χ1) is 7.43. The molecule has 0 aromatic carbocycles. The first-order valence-electron chi connectivity index (χ1n) is 6.02. The molecule has 16 heavy (non-hydrogen) atoms. The molecule has 1 aromatic heterocycles. The summed E-state index contributed by atoms with van der Waals surface area (Å²) in [5, 5.41) is 4.01. The fraction of sp³-hybridized carbons (Fsp3) is 0.643. The monoisotopic (exact) mass is 219 g/mol. The Kier molecular flexibility index (Phi) is 2.69. The van der Waals surface area contributed by atoms with Gasteiger partial charge in [0.05, 0.1) is 5.69 Å². The van der Waals surface area contributed by atoms with Crippen LogP contribution in [0.25, 0.3) is 0 Å². The Labute approximate surface area is 97.7 Å². The summed E-state index contributed by atoms with van der Waals surface area (Å²) < 4.78 is 5.47. The molecule has 88 valence electrons. The van der Waals surface area contributed by atoms with E-state index in [9.17, 15) is 0 Å². The molecule has 0 radical (unpaired) electrons. The van der Waals surface area contributed by atoms with Gasteiger partial charge >= 0.3 is 0 Å². The molecule has 0 spiro atoms. The third-order valence-corrected chi connectivity index (χ3v) is 4.19. The van der Waals surface area contributed by atoms with Crippen molar-refractivity contribution in [2.75, 3.05) is 0 Å². The molecule has 0 fully saturated rings. The zero-order valence-corrected chi connectivity index (χ0v) is 10.9. The molecule has 0 aliphatic heterocycles. The van der Waals surface area contributed by atoms with Crippen molar-refractivity contribution in [2.45, 2.75) is 47.0 Å². The highest BCUT2D eigenvalue weighted by Gasteiger charge is 2.40. The molecule has 0 amide bonds. The van der Waals surface area contributed by atoms with Crippen LogP contribution in [0.2, 0.25) is 0 Å². The molecule has 2 heteroatoms. The summed E-state index contributed by atoms with van der Waals surface area (Å²) in [6, 6.07) is 2.07. The standard InChI is InChI=1S/C14H21NO/c1-9-6-7-10(2)14(4,5)13(9)12-8-11(3)15-16-12/h6,8,10,13H,7H2,1-5H3. The Hall–Kier alpha value is -1.05. The Morgan fingerprint density at radius 1 is 1.38 bits per heavy atom. The fourth-order valence-corrected chi connectivity index (χ4v) is 2.77. The third-order valence-electron chi connectivity index (χ3n) is 4.19. The van der Waals surface area contributed by atoms with Crippen LogP contribution in [0, 0.1) is 18.3 Å². The molecule has 1 aromatic rings. The Balaban J connectivity index is 2.44. The topological polar surface area (TPSA) is 26.0 Å². The lowest BCUT2D eigenvalue weighted by atomic mass is 9.62. The molecule has 1 aliphatic rings. The van der Waals surface area contributed by atoms with Gasteiger partial charge in [0.2, 0.25) is 0 Å². The Morgan fingerprint density at radius 3 is 2.62 bits per heavy atom. The van der Waals surface area contributed by atoms with Gasteiger partial charge in [-0.25, -0.2) is 0 Å². The van der Waals surface area contributed by atoms with Crippen LogP contribution < -0.4 is 0 Å². The summed E-state index contributed by atoms with van der Waals surface area (Å²) in [5.41, 5.74) is 2.63. The molecular weight excluding hydrogens is 198 g/mol.